The first-order valence-corrected chi connectivity index (χ1v) is 8.97. The Morgan fingerprint density at radius 1 is 1.15 bits per heavy atom. The highest BCUT2D eigenvalue weighted by atomic mass is 16.5. The Hall–Kier alpha value is -3.34. The van der Waals surface area contributed by atoms with Crippen molar-refractivity contribution in [3.05, 3.63) is 66.9 Å². The lowest BCUT2D eigenvalue weighted by Gasteiger charge is -2.05. The Labute approximate surface area is 157 Å². The van der Waals surface area contributed by atoms with Crippen LogP contribution in [0.3, 0.4) is 0 Å². The summed E-state index contributed by atoms with van der Waals surface area (Å²) in [7, 11) is 1.64. The molecule has 0 aliphatic heterocycles. The number of para-hydroxylation sites is 2. The van der Waals surface area contributed by atoms with Crippen LogP contribution in [0.5, 0.6) is 5.75 Å². The summed E-state index contributed by atoms with van der Waals surface area (Å²) >= 11 is 0. The molecule has 5 heteroatoms. The lowest BCUT2D eigenvalue weighted by molar-refractivity contribution is 0.0983. The van der Waals surface area contributed by atoms with E-state index in [4.69, 9.17) is 9.72 Å². The maximum absolute atomic E-state index is 12.9. The summed E-state index contributed by atoms with van der Waals surface area (Å²) < 4.78 is 9.31. The molecule has 0 bridgehead atoms. The zero-order valence-electron chi connectivity index (χ0n) is 15.5. The topological polar surface area (TPSA) is 48.5 Å². The minimum Gasteiger partial charge on any atom is -0.497 e. The second-order valence-corrected chi connectivity index (χ2v) is 6.34. The van der Waals surface area contributed by atoms with E-state index in [2.05, 4.69) is 11.1 Å². The molecule has 0 spiro atoms. The largest absolute Gasteiger partial charge is 0.497 e. The summed E-state index contributed by atoms with van der Waals surface area (Å²) in [6, 6.07) is 15.7. The fraction of sp³-hybridized carbons (Fsp3) is 0.182. The first kappa shape index (κ1) is 17.1. The second kappa shape index (κ2) is 6.76. The fourth-order valence-corrected chi connectivity index (χ4v) is 3.49. The SMILES string of the molecule is C=CCn1c2ccccc2n2c(C(=O)CC)c(-c3ccc(OC)cc3)nc12. The average molecular weight is 359 g/mol. The van der Waals surface area contributed by atoms with E-state index in [1.54, 1.807) is 7.11 Å². The molecular formula is C22H21N3O2. The Morgan fingerprint density at radius 2 is 1.85 bits per heavy atom. The Balaban J connectivity index is 2.08. The summed E-state index contributed by atoms with van der Waals surface area (Å²) in [5.74, 6) is 1.58. The molecule has 2 aromatic carbocycles. The summed E-state index contributed by atoms with van der Waals surface area (Å²) in [5, 5.41) is 0. The second-order valence-electron chi connectivity index (χ2n) is 6.34. The molecule has 0 radical (unpaired) electrons. The molecule has 0 N–H and O–H groups in total. The van der Waals surface area contributed by atoms with Crippen molar-refractivity contribution in [2.24, 2.45) is 0 Å². The molecule has 0 saturated heterocycles. The van der Waals surface area contributed by atoms with Crippen LogP contribution in [0, 0.1) is 0 Å². The highest BCUT2D eigenvalue weighted by Gasteiger charge is 2.24. The van der Waals surface area contributed by atoms with Gasteiger partial charge in [0.05, 0.1) is 18.1 Å². The fourth-order valence-electron chi connectivity index (χ4n) is 3.49. The van der Waals surface area contributed by atoms with Crippen LogP contribution in [0.4, 0.5) is 0 Å². The van der Waals surface area contributed by atoms with Gasteiger partial charge in [-0.3, -0.25) is 9.20 Å². The number of hydrogen-bond donors (Lipinski definition) is 0. The van der Waals surface area contributed by atoms with Crippen molar-refractivity contribution in [3.8, 4) is 17.0 Å². The number of nitrogens with zero attached hydrogens (tertiary/aromatic N) is 3. The van der Waals surface area contributed by atoms with Crippen molar-refractivity contribution >= 4 is 22.6 Å². The van der Waals surface area contributed by atoms with E-state index in [0.717, 1.165) is 28.1 Å². The summed E-state index contributed by atoms with van der Waals surface area (Å²) in [6.07, 6.45) is 2.26. The highest BCUT2D eigenvalue weighted by Crippen LogP contribution is 2.31. The predicted octanol–water partition coefficient (Wildman–Crippen LogP) is 4.74. The monoisotopic (exact) mass is 359 g/mol. The maximum Gasteiger partial charge on any atom is 0.216 e. The van der Waals surface area contributed by atoms with E-state index in [9.17, 15) is 4.79 Å². The van der Waals surface area contributed by atoms with Crippen LogP contribution in [0.25, 0.3) is 28.1 Å². The minimum atomic E-state index is 0.0647. The Morgan fingerprint density at radius 3 is 2.48 bits per heavy atom. The Bertz CT molecular complexity index is 1150. The van der Waals surface area contributed by atoms with Crippen LogP contribution in [0.15, 0.2) is 61.2 Å². The molecule has 0 aliphatic rings. The van der Waals surface area contributed by atoms with Gasteiger partial charge in [-0.2, -0.15) is 0 Å². The number of ether oxygens (including phenoxy) is 1. The van der Waals surface area contributed by atoms with Gasteiger partial charge in [-0.1, -0.05) is 25.1 Å². The van der Waals surface area contributed by atoms with Crippen molar-refractivity contribution < 1.29 is 9.53 Å². The van der Waals surface area contributed by atoms with Crippen LogP contribution in [0.1, 0.15) is 23.8 Å². The molecule has 0 atom stereocenters. The van der Waals surface area contributed by atoms with Gasteiger partial charge in [-0.15, -0.1) is 6.58 Å². The minimum absolute atomic E-state index is 0.0647. The molecule has 27 heavy (non-hydrogen) atoms. The predicted molar refractivity (Wildman–Crippen MR) is 107 cm³/mol. The summed E-state index contributed by atoms with van der Waals surface area (Å²) in [5.41, 5.74) is 4.22. The van der Waals surface area contributed by atoms with Gasteiger partial charge in [-0.05, 0) is 36.4 Å². The van der Waals surface area contributed by atoms with Crippen molar-refractivity contribution in [1.29, 1.82) is 0 Å². The number of methoxy groups -OCH3 is 1. The van der Waals surface area contributed by atoms with Gasteiger partial charge in [0, 0.05) is 18.5 Å². The number of ketones is 1. The Kier molecular flexibility index (Phi) is 4.28. The van der Waals surface area contributed by atoms with Gasteiger partial charge in [0.15, 0.2) is 5.78 Å². The number of Topliss-reactive ketones (excluding diaryl/α,β-unsaturated/α-hetero) is 1. The number of imidazole rings is 2. The molecule has 0 unspecified atom stereocenters. The number of rotatable bonds is 6. The average Bonchev–Trinajstić information content (AvgIpc) is 3.24. The van der Waals surface area contributed by atoms with Gasteiger partial charge in [0.25, 0.3) is 0 Å². The maximum atomic E-state index is 12.9. The highest BCUT2D eigenvalue weighted by molar-refractivity contribution is 6.03. The smallest absolute Gasteiger partial charge is 0.216 e. The zero-order chi connectivity index (χ0) is 19.0. The van der Waals surface area contributed by atoms with Crippen LogP contribution >= 0.6 is 0 Å². The molecule has 2 heterocycles. The van der Waals surface area contributed by atoms with Gasteiger partial charge in [-0.25, -0.2) is 4.98 Å². The number of aromatic nitrogens is 3. The first-order chi connectivity index (χ1) is 13.2. The van der Waals surface area contributed by atoms with Crippen molar-refractivity contribution in [2.75, 3.05) is 7.11 Å². The summed E-state index contributed by atoms with van der Waals surface area (Å²) in [6.45, 7) is 6.37. The van der Waals surface area contributed by atoms with Crippen molar-refractivity contribution in [1.82, 2.24) is 14.0 Å². The molecule has 4 rings (SSSR count). The van der Waals surface area contributed by atoms with E-state index < -0.39 is 0 Å². The van der Waals surface area contributed by atoms with E-state index in [-0.39, 0.29) is 5.78 Å². The van der Waals surface area contributed by atoms with Crippen LogP contribution < -0.4 is 4.74 Å². The van der Waals surface area contributed by atoms with E-state index in [0.29, 0.717) is 24.4 Å². The van der Waals surface area contributed by atoms with Crippen molar-refractivity contribution in [3.63, 3.8) is 0 Å². The van der Waals surface area contributed by atoms with Crippen LogP contribution in [-0.4, -0.2) is 26.8 Å². The molecule has 0 aliphatic carbocycles. The van der Waals surface area contributed by atoms with Gasteiger partial charge in [0.2, 0.25) is 5.78 Å². The quantitative estimate of drug-likeness (QED) is 0.369. The van der Waals surface area contributed by atoms with Crippen molar-refractivity contribution in [2.45, 2.75) is 19.9 Å². The molecule has 0 saturated carbocycles. The molecule has 136 valence electrons. The number of carbonyl (C=O) groups is 1. The third kappa shape index (κ3) is 2.63. The van der Waals surface area contributed by atoms with Crippen LogP contribution in [0.2, 0.25) is 0 Å². The third-order valence-electron chi connectivity index (χ3n) is 4.77. The third-order valence-corrected chi connectivity index (χ3v) is 4.77. The van der Waals surface area contributed by atoms with Crippen LogP contribution in [-0.2, 0) is 6.54 Å². The van der Waals surface area contributed by atoms with E-state index >= 15 is 0 Å². The van der Waals surface area contributed by atoms with Gasteiger partial charge < -0.3 is 9.30 Å². The standard InChI is InChI=1S/C22H21N3O2/c1-4-14-24-17-8-6-7-9-18(17)25-21(19(26)5-2)20(23-22(24)25)15-10-12-16(27-3)13-11-15/h4,6-13H,1,5,14H2,2-3H3. The van der Waals surface area contributed by atoms with Gasteiger partial charge >= 0.3 is 0 Å². The number of carbonyl (C=O) groups excluding carboxylic acids is 1. The lowest BCUT2D eigenvalue weighted by Crippen LogP contribution is -2.03. The molecule has 2 aromatic heterocycles. The molecule has 5 nitrogen and oxygen atoms in total. The normalized spacial score (nSPS) is 11.2. The van der Waals surface area contributed by atoms with E-state index in [1.165, 1.54) is 0 Å². The molecular weight excluding hydrogens is 338 g/mol. The first-order valence-electron chi connectivity index (χ1n) is 8.97. The number of hydrogen-bond acceptors (Lipinski definition) is 3. The lowest BCUT2D eigenvalue weighted by atomic mass is 10.1. The van der Waals surface area contributed by atoms with E-state index in [1.807, 2.05) is 65.9 Å². The molecule has 4 aromatic rings. The summed E-state index contributed by atoms with van der Waals surface area (Å²) in [4.78, 5) is 17.8. The molecule has 0 amide bonds. The molecule has 0 fully saturated rings. The number of allylic oxidation sites excluding steroid dienone is 1. The zero-order valence-corrected chi connectivity index (χ0v) is 15.5. The number of fused-ring (bicyclic) bond motifs is 3. The number of benzene rings is 2. The van der Waals surface area contributed by atoms with Gasteiger partial charge in [0.1, 0.15) is 17.1 Å².